The number of allylic oxidation sites excluding steroid dienone is 5. The smallest absolute Gasteiger partial charge is 0.328 e. The summed E-state index contributed by atoms with van der Waals surface area (Å²) in [5.74, 6) is -0.228. The predicted molar refractivity (Wildman–Crippen MR) is 58.0 cm³/mol. The first kappa shape index (κ1) is 11.2. The van der Waals surface area contributed by atoms with Crippen LogP contribution in [0.25, 0.3) is 0 Å². The van der Waals surface area contributed by atoms with Crippen molar-refractivity contribution in [2.24, 2.45) is 0 Å². The van der Waals surface area contributed by atoms with Gasteiger partial charge in [-0.15, -0.1) is 0 Å². The van der Waals surface area contributed by atoms with Crippen LogP contribution in [0.1, 0.15) is 13.8 Å². The number of imide groups is 1. The summed E-state index contributed by atoms with van der Waals surface area (Å²) in [5.41, 5.74) is 0.579. The average Bonchev–Trinajstić information content (AvgIpc) is 2.54. The second kappa shape index (κ2) is 5.14. The fourth-order valence-electron chi connectivity index (χ4n) is 1.25. The Morgan fingerprint density at radius 3 is 2.53 bits per heavy atom. The maximum atomic E-state index is 11.4. The number of rotatable bonds is 3. The van der Waals surface area contributed by atoms with Crippen LogP contribution in [0, 0.1) is 0 Å². The van der Waals surface area contributed by atoms with Crippen molar-refractivity contribution < 1.29 is 9.59 Å². The monoisotopic (exact) mass is 206 g/mol. The SMILES string of the molecule is C\C=C/C(=C\C=C\C)N1C(=O)CNC1=O. The van der Waals surface area contributed by atoms with Gasteiger partial charge < -0.3 is 5.32 Å². The molecule has 1 fully saturated rings. The highest BCUT2D eigenvalue weighted by molar-refractivity contribution is 6.04. The van der Waals surface area contributed by atoms with Gasteiger partial charge in [-0.05, 0) is 26.0 Å². The van der Waals surface area contributed by atoms with E-state index in [0.29, 0.717) is 5.70 Å². The van der Waals surface area contributed by atoms with E-state index >= 15 is 0 Å². The summed E-state index contributed by atoms with van der Waals surface area (Å²) in [5, 5.41) is 2.47. The van der Waals surface area contributed by atoms with Crippen LogP contribution in [0.4, 0.5) is 4.79 Å². The largest absolute Gasteiger partial charge is 0.329 e. The van der Waals surface area contributed by atoms with E-state index in [1.165, 1.54) is 0 Å². The van der Waals surface area contributed by atoms with Crippen LogP contribution < -0.4 is 5.32 Å². The lowest BCUT2D eigenvalue weighted by atomic mass is 10.3. The normalized spacial score (nSPS) is 18.3. The van der Waals surface area contributed by atoms with Crippen molar-refractivity contribution in [1.29, 1.82) is 0 Å². The van der Waals surface area contributed by atoms with E-state index in [1.54, 1.807) is 24.3 Å². The summed E-state index contributed by atoms with van der Waals surface area (Å²) >= 11 is 0. The molecule has 0 unspecified atom stereocenters. The van der Waals surface area contributed by atoms with Crippen LogP contribution in [-0.2, 0) is 4.79 Å². The number of hydrogen-bond donors (Lipinski definition) is 1. The van der Waals surface area contributed by atoms with Crippen LogP contribution in [-0.4, -0.2) is 23.4 Å². The highest BCUT2D eigenvalue weighted by Crippen LogP contribution is 2.11. The number of carbonyl (C=O) groups excluding carboxylic acids is 2. The van der Waals surface area contributed by atoms with E-state index in [2.05, 4.69) is 5.32 Å². The molecule has 0 aromatic rings. The van der Waals surface area contributed by atoms with E-state index in [0.717, 1.165) is 4.90 Å². The van der Waals surface area contributed by atoms with Gasteiger partial charge in [-0.25, -0.2) is 9.69 Å². The first-order valence-corrected chi connectivity index (χ1v) is 4.77. The zero-order valence-electron chi connectivity index (χ0n) is 8.86. The van der Waals surface area contributed by atoms with Gasteiger partial charge in [-0.1, -0.05) is 18.2 Å². The summed E-state index contributed by atoms with van der Waals surface area (Å²) < 4.78 is 0. The molecular weight excluding hydrogens is 192 g/mol. The summed E-state index contributed by atoms with van der Waals surface area (Å²) in [6.07, 6.45) is 8.86. The van der Waals surface area contributed by atoms with Gasteiger partial charge in [0.15, 0.2) is 0 Å². The molecule has 0 radical (unpaired) electrons. The summed E-state index contributed by atoms with van der Waals surface area (Å²) in [6, 6.07) is -0.367. The van der Waals surface area contributed by atoms with Crippen LogP contribution in [0.2, 0.25) is 0 Å². The van der Waals surface area contributed by atoms with Crippen molar-refractivity contribution in [1.82, 2.24) is 10.2 Å². The molecule has 1 aliphatic heterocycles. The highest BCUT2D eigenvalue weighted by Gasteiger charge is 2.30. The highest BCUT2D eigenvalue weighted by atomic mass is 16.2. The van der Waals surface area contributed by atoms with Crippen molar-refractivity contribution in [3.8, 4) is 0 Å². The number of hydrogen-bond acceptors (Lipinski definition) is 2. The van der Waals surface area contributed by atoms with Gasteiger partial charge >= 0.3 is 6.03 Å². The molecule has 0 atom stereocenters. The van der Waals surface area contributed by atoms with E-state index in [1.807, 2.05) is 19.9 Å². The molecule has 4 nitrogen and oxygen atoms in total. The minimum atomic E-state index is -0.367. The third kappa shape index (κ3) is 2.56. The molecule has 0 aromatic carbocycles. The minimum Gasteiger partial charge on any atom is -0.328 e. The molecule has 0 aliphatic carbocycles. The Morgan fingerprint density at radius 2 is 2.07 bits per heavy atom. The van der Waals surface area contributed by atoms with Crippen molar-refractivity contribution in [3.05, 3.63) is 36.1 Å². The molecule has 0 spiro atoms. The third-order valence-corrected chi connectivity index (χ3v) is 1.90. The molecular formula is C11H14N2O2. The molecule has 80 valence electrons. The Kier molecular flexibility index (Phi) is 3.85. The van der Waals surface area contributed by atoms with Crippen LogP contribution >= 0.6 is 0 Å². The summed E-state index contributed by atoms with van der Waals surface area (Å²) in [7, 11) is 0. The Balaban J connectivity index is 2.98. The zero-order valence-corrected chi connectivity index (χ0v) is 8.86. The fraction of sp³-hybridized carbons (Fsp3) is 0.273. The van der Waals surface area contributed by atoms with Crippen LogP contribution in [0.15, 0.2) is 36.1 Å². The average molecular weight is 206 g/mol. The molecule has 0 aromatic heterocycles. The number of amides is 3. The first-order chi connectivity index (χ1) is 7.20. The number of nitrogens with zero attached hydrogens (tertiary/aromatic N) is 1. The van der Waals surface area contributed by atoms with E-state index < -0.39 is 0 Å². The Hall–Kier alpha value is -1.84. The lowest BCUT2D eigenvalue weighted by molar-refractivity contribution is -0.123. The molecule has 1 heterocycles. The Morgan fingerprint density at radius 1 is 1.33 bits per heavy atom. The molecule has 1 aliphatic rings. The third-order valence-electron chi connectivity index (χ3n) is 1.90. The van der Waals surface area contributed by atoms with Crippen LogP contribution in [0.5, 0.6) is 0 Å². The lowest BCUT2D eigenvalue weighted by Crippen LogP contribution is -2.29. The topological polar surface area (TPSA) is 49.4 Å². The van der Waals surface area contributed by atoms with Crippen molar-refractivity contribution in [3.63, 3.8) is 0 Å². The van der Waals surface area contributed by atoms with Crippen molar-refractivity contribution in [2.45, 2.75) is 13.8 Å². The molecule has 1 saturated heterocycles. The Bertz CT molecular complexity index is 338. The number of nitrogens with one attached hydrogen (secondary N) is 1. The molecule has 0 saturated carbocycles. The van der Waals surface area contributed by atoms with Gasteiger partial charge in [0.05, 0.1) is 12.2 Å². The molecule has 4 heteroatoms. The first-order valence-electron chi connectivity index (χ1n) is 4.77. The van der Waals surface area contributed by atoms with Gasteiger partial charge in [0.2, 0.25) is 0 Å². The van der Waals surface area contributed by atoms with E-state index in [-0.39, 0.29) is 18.5 Å². The number of carbonyl (C=O) groups is 2. The van der Waals surface area contributed by atoms with E-state index in [9.17, 15) is 9.59 Å². The van der Waals surface area contributed by atoms with E-state index in [4.69, 9.17) is 0 Å². The summed E-state index contributed by atoms with van der Waals surface area (Å²) in [4.78, 5) is 23.9. The van der Waals surface area contributed by atoms with Gasteiger partial charge in [0.25, 0.3) is 5.91 Å². The molecule has 0 bridgehead atoms. The second-order valence-electron chi connectivity index (χ2n) is 3.01. The standard InChI is InChI=1S/C11H14N2O2/c1-3-5-7-9(6-4-2)13-10(14)8-12-11(13)15/h3-7H,8H2,1-2H3,(H,12,15)/b5-3+,6-4-,9-7+. The summed E-state index contributed by atoms with van der Waals surface area (Å²) in [6.45, 7) is 3.78. The quantitative estimate of drug-likeness (QED) is 0.563. The maximum Gasteiger partial charge on any atom is 0.329 e. The fourth-order valence-corrected chi connectivity index (χ4v) is 1.25. The minimum absolute atomic E-state index is 0.0730. The van der Waals surface area contributed by atoms with Gasteiger partial charge in [0.1, 0.15) is 0 Å². The van der Waals surface area contributed by atoms with Crippen molar-refractivity contribution >= 4 is 11.9 Å². The van der Waals surface area contributed by atoms with Gasteiger partial charge in [-0.3, -0.25) is 4.79 Å². The molecule has 1 N–H and O–H groups in total. The predicted octanol–water partition coefficient (Wildman–Crippen LogP) is 1.57. The molecule has 1 rings (SSSR count). The van der Waals surface area contributed by atoms with Crippen LogP contribution in [0.3, 0.4) is 0 Å². The maximum absolute atomic E-state index is 11.4. The second-order valence-corrected chi connectivity index (χ2v) is 3.01. The van der Waals surface area contributed by atoms with Gasteiger partial charge in [-0.2, -0.15) is 0 Å². The number of urea groups is 1. The van der Waals surface area contributed by atoms with Crippen molar-refractivity contribution in [2.75, 3.05) is 6.54 Å². The molecule has 15 heavy (non-hydrogen) atoms. The Labute approximate surface area is 88.9 Å². The lowest BCUT2D eigenvalue weighted by Gasteiger charge is -2.12. The molecule has 3 amide bonds. The zero-order chi connectivity index (χ0) is 11.3. The van der Waals surface area contributed by atoms with Gasteiger partial charge in [0, 0.05) is 0 Å².